The lowest BCUT2D eigenvalue weighted by molar-refractivity contribution is -0.117. The van der Waals surface area contributed by atoms with Gasteiger partial charge >= 0.3 is 0 Å². The van der Waals surface area contributed by atoms with E-state index in [4.69, 9.17) is 0 Å². The van der Waals surface area contributed by atoms with Gasteiger partial charge in [0.05, 0.1) is 10.6 Å². The van der Waals surface area contributed by atoms with Gasteiger partial charge in [0.2, 0.25) is 15.9 Å². The van der Waals surface area contributed by atoms with Crippen LogP contribution in [0.5, 0.6) is 0 Å². The van der Waals surface area contributed by atoms with Crippen LogP contribution < -0.4 is 5.32 Å². The van der Waals surface area contributed by atoms with E-state index in [1.807, 2.05) is 12.3 Å². The number of aryl methyl sites for hydroxylation is 1. The molecule has 0 aliphatic heterocycles. The maximum atomic E-state index is 12.1. The summed E-state index contributed by atoms with van der Waals surface area (Å²) in [7, 11) is -0.700. The smallest absolute Gasteiger partial charge is 0.257 e. The predicted octanol–water partition coefficient (Wildman–Crippen LogP) is 1.75. The lowest BCUT2D eigenvalue weighted by Gasteiger charge is -2.11. The molecule has 0 saturated heterocycles. The molecule has 2 aromatic rings. The Morgan fingerprint density at radius 2 is 1.88 bits per heavy atom. The molecule has 134 valence electrons. The third-order valence-electron chi connectivity index (χ3n) is 3.07. The minimum absolute atomic E-state index is 0.0752. The van der Waals surface area contributed by atoms with Crippen molar-refractivity contribution >= 4 is 44.9 Å². The van der Waals surface area contributed by atoms with Crippen molar-refractivity contribution in [3.8, 4) is 0 Å². The summed E-state index contributed by atoms with van der Waals surface area (Å²) in [6.45, 7) is 1.87. The van der Waals surface area contributed by atoms with Crippen molar-refractivity contribution in [1.82, 2.24) is 14.6 Å². The van der Waals surface area contributed by atoms with Crippen LogP contribution in [0.3, 0.4) is 0 Å². The number of hydrogen-bond donors (Lipinski definition) is 1. The number of amides is 2. The highest BCUT2D eigenvalue weighted by Gasteiger charge is 2.18. The van der Waals surface area contributed by atoms with Crippen LogP contribution in [0.25, 0.3) is 0 Å². The van der Waals surface area contributed by atoms with Gasteiger partial charge in [-0.05, 0) is 31.2 Å². The Balaban J connectivity index is 1.95. The highest BCUT2D eigenvalue weighted by molar-refractivity contribution is 8.01. The van der Waals surface area contributed by atoms with Crippen molar-refractivity contribution in [2.24, 2.45) is 0 Å². The lowest BCUT2D eigenvalue weighted by Crippen LogP contribution is -2.31. The number of benzene rings is 1. The minimum atomic E-state index is -3.55. The molecular weight excluding hydrogens is 382 g/mol. The van der Waals surface area contributed by atoms with Crippen LogP contribution in [0.4, 0.5) is 0 Å². The average Bonchev–Trinajstić information content (AvgIpc) is 2.98. The van der Waals surface area contributed by atoms with Gasteiger partial charge in [0.15, 0.2) is 4.34 Å². The zero-order valence-corrected chi connectivity index (χ0v) is 16.3. The monoisotopic (exact) mass is 399 g/mol. The molecule has 0 atom stereocenters. The number of carbonyl (C=O) groups excluding carboxylic acids is 2. The van der Waals surface area contributed by atoms with Crippen molar-refractivity contribution in [2.45, 2.75) is 16.2 Å². The number of thioether (sulfide) groups is 1. The van der Waals surface area contributed by atoms with E-state index in [1.165, 1.54) is 61.5 Å². The molecular formula is C15H17N3O4S3. The van der Waals surface area contributed by atoms with Gasteiger partial charge in [0, 0.05) is 30.7 Å². The molecule has 0 saturated carbocycles. The summed E-state index contributed by atoms with van der Waals surface area (Å²) in [5.41, 5.74) is 1.10. The van der Waals surface area contributed by atoms with Gasteiger partial charge in [0.1, 0.15) is 0 Å². The van der Waals surface area contributed by atoms with E-state index in [9.17, 15) is 18.0 Å². The predicted molar refractivity (Wildman–Crippen MR) is 97.4 cm³/mol. The zero-order valence-electron chi connectivity index (χ0n) is 13.8. The van der Waals surface area contributed by atoms with Gasteiger partial charge in [-0.25, -0.2) is 17.7 Å². The largest absolute Gasteiger partial charge is 0.292 e. The van der Waals surface area contributed by atoms with Crippen LogP contribution in [0.2, 0.25) is 0 Å². The maximum absolute atomic E-state index is 12.1. The van der Waals surface area contributed by atoms with Crippen molar-refractivity contribution in [3.63, 3.8) is 0 Å². The van der Waals surface area contributed by atoms with E-state index in [0.29, 0.717) is 0 Å². The molecule has 1 N–H and O–H groups in total. The summed E-state index contributed by atoms with van der Waals surface area (Å²) in [5, 5.41) is 4.16. The fraction of sp³-hybridized carbons (Fsp3) is 0.267. The Hall–Kier alpha value is -1.75. The summed E-state index contributed by atoms with van der Waals surface area (Å²) >= 11 is 2.69. The van der Waals surface area contributed by atoms with Crippen LogP contribution in [0.1, 0.15) is 16.1 Å². The highest BCUT2D eigenvalue weighted by Crippen LogP contribution is 2.21. The third kappa shape index (κ3) is 5.11. The number of thiazole rings is 1. The number of rotatable bonds is 6. The van der Waals surface area contributed by atoms with Gasteiger partial charge in [0.25, 0.3) is 5.91 Å². The van der Waals surface area contributed by atoms with Crippen LogP contribution in [0, 0.1) is 6.92 Å². The van der Waals surface area contributed by atoms with E-state index < -0.39 is 21.8 Å². The molecule has 0 aliphatic rings. The maximum Gasteiger partial charge on any atom is 0.257 e. The first-order chi connectivity index (χ1) is 11.7. The molecule has 0 spiro atoms. The number of nitrogens with one attached hydrogen (secondary N) is 1. The third-order valence-corrected chi connectivity index (χ3v) is 7.04. The van der Waals surface area contributed by atoms with Crippen LogP contribution >= 0.6 is 23.1 Å². The molecule has 1 aromatic heterocycles. The normalized spacial score (nSPS) is 11.5. The van der Waals surface area contributed by atoms with Crippen molar-refractivity contribution in [1.29, 1.82) is 0 Å². The van der Waals surface area contributed by atoms with Crippen molar-refractivity contribution < 1.29 is 18.0 Å². The fourth-order valence-corrected chi connectivity index (χ4v) is 4.30. The van der Waals surface area contributed by atoms with Crippen molar-refractivity contribution in [2.75, 3.05) is 19.8 Å². The highest BCUT2D eigenvalue weighted by atomic mass is 32.2. The van der Waals surface area contributed by atoms with Crippen LogP contribution in [-0.2, 0) is 14.8 Å². The Labute approximate surface area is 154 Å². The second kappa shape index (κ2) is 8.09. The molecule has 2 rings (SSSR count). The molecule has 1 aromatic carbocycles. The molecule has 2 amide bonds. The Bertz CT molecular complexity index is 874. The molecule has 0 aliphatic carbocycles. The van der Waals surface area contributed by atoms with Gasteiger partial charge in [-0.2, -0.15) is 0 Å². The summed E-state index contributed by atoms with van der Waals surface area (Å²) < 4.78 is 25.8. The average molecular weight is 400 g/mol. The number of sulfonamides is 1. The number of carbonyl (C=O) groups is 2. The topological polar surface area (TPSA) is 96.4 Å². The Morgan fingerprint density at radius 3 is 2.40 bits per heavy atom. The number of aromatic nitrogens is 1. The van der Waals surface area contributed by atoms with E-state index in [2.05, 4.69) is 10.3 Å². The summed E-state index contributed by atoms with van der Waals surface area (Å²) in [6, 6.07) is 5.41. The van der Waals surface area contributed by atoms with Gasteiger partial charge in [-0.1, -0.05) is 11.8 Å². The molecule has 1 heterocycles. The first-order valence-electron chi connectivity index (χ1n) is 7.12. The second-order valence-electron chi connectivity index (χ2n) is 5.23. The quantitative estimate of drug-likeness (QED) is 0.744. The minimum Gasteiger partial charge on any atom is -0.292 e. The van der Waals surface area contributed by atoms with Crippen molar-refractivity contribution in [3.05, 3.63) is 40.9 Å². The molecule has 7 nitrogen and oxygen atoms in total. The molecule has 0 unspecified atom stereocenters. The first kappa shape index (κ1) is 19.6. The number of imide groups is 1. The second-order valence-corrected chi connectivity index (χ2v) is 9.46. The van der Waals surface area contributed by atoms with Gasteiger partial charge in [-0.15, -0.1) is 11.3 Å². The molecule has 0 bridgehead atoms. The number of nitrogens with zero attached hydrogens (tertiary/aromatic N) is 2. The van der Waals surface area contributed by atoms with Crippen LogP contribution in [-0.4, -0.2) is 49.4 Å². The Kier molecular flexibility index (Phi) is 6.33. The molecule has 25 heavy (non-hydrogen) atoms. The Morgan fingerprint density at radius 1 is 1.24 bits per heavy atom. The molecule has 10 heteroatoms. The zero-order chi connectivity index (χ0) is 18.6. The standard InChI is InChI=1S/C15H17N3O4S3/c1-10-8-23-15(16-10)24-9-13(19)17-14(20)11-4-6-12(7-5-11)25(21,22)18(2)3/h4-8H,9H2,1-3H3,(H,17,19,20). The van der Waals surface area contributed by atoms with E-state index in [0.717, 1.165) is 14.3 Å². The fourth-order valence-electron chi connectivity index (χ4n) is 1.75. The molecule has 0 radical (unpaired) electrons. The molecule has 0 fully saturated rings. The summed E-state index contributed by atoms with van der Waals surface area (Å²) in [6.07, 6.45) is 0. The SMILES string of the molecule is Cc1csc(SCC(=O)NC(=O)c2ccc(S(=O)(=O)N(C)C)cc2)n1. The summed E-state index contributed by atoms with van der Waals surface area (Å²) in [5.74, 6) is -0.936. The van der Waals surface area contributed by atoms with E-state index in [-0.39, 0.29) is 16.2 Å². The van der Waals surface area contributed by atoms with Gasteiger partial charge < -0.3 is 0 Å². The summed E-state index contributed by atoms with van der Waals surface area (Å²) in [4.78, 5) is 28.2. The number of hydrogen-bond acceptors (Lipinski definition) is 7. The van der Waals surface area contributed by atoms with E-state index in [1.54, 1.807) is 0 Å². The van der Waals surface area contributed by atoms with Gasteiger partial charge in [-0.3, -0.25) is 14.9 Å². The lowest BCUT2D eigenvalue weighted by atomic mass is 10.2. The first-order valence-corrected chi connectivity index (χ1v) is 10.4. The van der Waals surface area contributed by atoms with Crippen LogP contribution in [0.15, 0.2) is 38.9 Å². The van der Waals surface area contributed by atoms with E-state index >= 15 is 0 Å².